The van der Waals surface area contributed by atoms with Crippen molar-refractivity contribution in [1.29, 1.82) is 0 Å². The molecule has 0 rings (SSSR count). The molecule has 0 heterocycles. The zero-order valence-corrected chi connectivity index (χ0v) is 8.17. The SMILES string of the molecule is CCOC(=O)CC=[P+]([O-])OCC. The molecule has 0 N–H and O–H groups in total. The van der Waals surface area contributed by atoms with Gasteiger partial charge < -0.3 is 9.63 Å². The second-order valence-corrected chi connectivity index (χ2v) is 3.09. The number of hydrogen-bond acceptors (Lipinski definition) is 4. The van der Waals surface area contributed by atoms with Gasteiger partial charge in [0.15, 0.2) is 0 Å². The van der Waals surface area contributed by atoms with Gasteiger partial charge in [-0.25, -0.2) is 0 Å². The lowest BCUT2D eigenvalue weighted by Crippen LogP contribution is -2.05. The van der Waals surface area contributed by atoms with Crippen LogP contribution in [0.2, 0.25) is 0 Å². The summed E-state index contributed by atoms with van der Waals surface area (Å²) in [6.45, 7) is 4.19. The number of carbonyl (C=O) groups is 1. The smallest absolute Gasteiger partial charge is 0.313 e. The zero-order valence-electron chi connectivity index (χ0n) is 7.28. The van der Waals surface area contributed by atoms with Gasteiger partial charge in [0.2, 0.25) is 8.00 Å². The molecule has 0 aliphatic heterocycles. The standard InChI is InChI=1S/C7H13O4P/c1-3-10-7(8)5-6-12(9)11-4-2/h6H,3-5H2,1-2H3. The second kappa shape index (κ2) is 7.22. The Morgan fingerprint density at radius 3 is 2.67 bits per heavy atom. The Hall–Kier alpha value is -0.440. The molecular weight excluding hydrogens is 179 g/mol. The number of rotatable bonds is 5. The highest BCUT2D eigenvalue weighted by atomic mass is 31.1. The Morgan fingerprint density at radius 1 is 1.50 bits per heavy atom. The maximum Gasteiger partial charge on any atom is 0.313 e. The number of carbonyl (C=O) groups excluding carboxylic acids is 1. The summed E-state index contributed by atoms with van der Waals surface area (Å²) in [4.78, 5) is 21.5. The van der Waals surface area contributed by atoms with Crippen molar-refractivity contribution in [2.24, 2.45) is 0 Å². The van der Waals surface area contributed by atoms with Crippen molar-refractivity contribution in [3.63, 3.8) is 0 Å². The molecule has 0 aromatic carbocycles. The summed E-state index contributed by atoms with van der Waals surface area (Å²) in [6, 6.07) is 0. The summed E-state index contributed by atoms with van der Waals surface area (Å²) in [5, 5.41) is 0. The van der Waals surface area contributed by atoms with Gasteiger partial charge >= 0.3 is 5.97 Å². The fraction of sp³-hybridized carbons (Fsp3) is 0.714. The first kappa shape index (κ1) is 11.6. The van der Waals surface area contributed by atoms with E-state index < -0.39 is 8.00 Å². The van der Waals surface area contributed by atoms with E-state index in [1.54, 1.807) is 13.8 Å². The second-order valence-electron chi connectivity index (χ2n) is 1.89. The first-order valence-electron chi connectivity index (χ1n) is 3.78. The van der Waals surface area contributed by atoms with E-state index in [4.69, 9.17) is 4.52 Å². The van der Waals surface area contributed by atoms with Gasteiger partial charge in [-0.1, -0.05) is 0 Å². The van der Waals surface area contributed by atoms with E-state index in [1.807, 2.05) is 0 Å². The molecule has 1 unspecified atom stereocenters. The van der Waals surface area contributed by atoms with E-state index in [-0.39, 0.29) is 12.4 Å². The fourth-order valence-electron chi connectivity index (χ4n) is 0.549. The first-order valence-corrected chi connectivity index (χ1v) is 5.03. The van der Waals surface area contributed by atoms with Crippen LogP contribution in [0.5, 0.6) is 0 Å². The Balaban J connectivity index is 3.63. The molecule has 0 spiro atoms. The van der Waals surface area contributed by atoms with Gasteiger partial charge in [-0.3, -0.25) is 4.79 Å². The van der Waals surface area contributed by atoms with Crippen molar-refractivity contribution in [2.45, 2.75) is 20.3 Å². The summed E-state index contributed by atoms with van der Waals surface area (Å²) in [5.41, 5.74) is 0. The van der Waals surface area contributed by atoms with Gasteiger partial charge in [0.25, 0.3) is 0 Å². The van der Waals surface area contributed by atoms with Gasteiger partial charge in [0.05, 0.1) is 13.2 Å². The minimum absolute atomic E-state index is 0.0447. The number of ether oxygens (including phenoxy) is 1. The molecule has 0 fully saturated rings. The van der Waals surface area contributed by atoms with Crippen LogP contribution in [0, 0.1) is 0 Å². The van der Waals surface area contributed by atoms with Crippen LogP contribution in [-0.4, -0.2) is 25.0 Å². The van der Waals surface area contributed by atoms with Crippen molar-refractivity contribution >= 4 is 19.8 Å². The predicted octanol–water partition coefficient (Wildman–Crippen LogP) is 0.450. The number of esters is 1. The summed E-state index contributed by atoms with van der Waals surface area (Å²) >= 11 is 0. The van der Waals surface area contributed by atoms with E-state index in [1.165, 1.54) is 5.80 Å². The molecule has 1 atom stereocenters. The highest BCUT2D eigenvalue weighted by Gasteiger charge is 2.02. The van der Waals surface area contributed by atoms with E-state index in [0.29, 0.717) is 13.2 Å². The molecule has 0 amide bonds. The lowest BCUT2D eigenvalue weighted by Gasteiger charge is -1.96. The van der Waals surface area contributed by atoms with Crippen LogP contribution in [0.3, 0.4) is 0 Å². The van der Waals surface area contributed by atoms with Crippen LogP contribution in [0.4, 0.5) is 0 Å². The van der Waals surface area contributed by atoms with E-state index in [2.05, 4.69) is 4.74 Å². The molecule has 0 saturated carbocycles. The maximum atomic E-state index is 10.8. The van der Waals surface area contributed by atoms with E-state index in [9.17, 15) is 9.69 Å². The summed E-state index contributed by atoms with van der Waals surface area (Å²) < 4.78 is 9.33. The Labute approximate surface area is 73.0 Å². The monoisotopic (exact) mass is 192 g/mol. The van der Waals surface area contributed by atoms with Gasteiger partial charge in [0, 0.05) is 0 Å². The molecule has 0 aliphatic carbocycles. The highest BCUT2D eigenvalue weighted by Crippen LogP contribution is 2.10. The van der Waals surface area contributed by atoms with Gasteiger partial charge in [-0.05, 0) is 13.8 Å². The highest BCUT2D eigenvalue weighted by molar-refractivity contribution is 7.44. The molecule has 70 valence electrons. The number of hydrogen-bond donors (Lipinski definition) is 0. The van der Waals surface area contributed by atoms with Gasteiger partial charge in [-0.15, -0.1) is 0 Å². The molecule has 12 heavy (non-hydrogen) atoms. The summed E-state index contributed by atoms with van der Waals surface area (Å²) in [6.07, 6.45) is 0.0447. The molecule has 0 aromatic rings. The largest absolute Gasteiger partial charge is 0.603 e. The molecular formula is C7H13O4P. The first-order chi connectivity index (χ1) is 5.70. The average molecular weight is 192 g/mol. The van der Waals surface area contributed by atoms with Crippen molar-refractivity contribution in [3.8, 4) is 0 Å². The Morgan fingerprint density at radius 2 is 2.17 bits per heavy atom. The third-order valence-corrected chi connectivity index (χ3v) is 1.96. The van der Waals surface area contributed by atoms with Crippen molar-refractivity contribution < 1.29 is 18.9 Å². The van der Waals surface area contributed by atoms with Crippen molar-refractivity contribution in [2.75, 3.05) is 13.2 Å². The lowest BCUT2D eigenvalue weighted by atomic mass is 10.5. The molecule has 5 heteroatoms. The van der Waals surface area contributed by atoms with Crippen molar-refractivity contribution in [3.05, 3.63) is 0 Å². The van der Waals surface area contributed by atoms with Crippen LogP contribution in [0.25, 0.3) is 0 Å². The minimum Gasteiger partial charge on any atom is -0.603 e. The van der Waals surface area contributed by atoms with Gasteiger partial charge in [0.1, 0.15) is 12.2 Å². The third kappa shape index (κ3) is 6.28. The maximum absolute atomic E-state index is 10.8. The third-order valence-electron chi connectivity index (χ3n) is 0.969. The molecule has 0 radical (unpaired) electrons. The van der Waals surface area contributed by atoms with E-state index in [0.717, 1.165) is 0 Å². The normalized spacial score (nSPS) is 11.4. The predicted molar refractivity (Wildman–Crippen MR) is 45.9 cm³/mol. The Bertz CT molecular complexity index is 167. The minimum atomic E-state index is -1.80. The molecule has 4 nitrogen and oxygen atoms in total. The molecule has 0 saturated heterocycles. The van der Waals surface area contributed by atoms with E-state index >= 15 is 0 Å². The lowest BCUT2D eigenvalue weighted by molar-refractivity contribution is -0.171. The summed E-state index contributed by atoms with van der Waals surface area (Å²) in [5.74, 6) is 0.942. The molecule has 0 aliphatic rings. The van der Waals surface area contributed by atoms with Crippen LogP contribution in [-0.2, 0) is 14.1 Å². The topological polar surface area (TPSA) is 58.6 Å². The van der Waals surface area contributed by atoms with Crippen LogP contribution in [0.15, 0.2) is 0 Å². The van der Waals surface area contributed by atoms with Crippen molar-refractivity contribution in [1.82, 2.24) is 0 Å². The van der Waals surface area contributed by atoms with Gasteiger partial charge in [-0.2, -0.15) is 4.52 Å². The average Bonchev–Trinajstić information content (AvgIpc) is 2.02. The quantitative estimate of drug-likeness (QED) is 0.468. The van der Waals surface area contributed by atoms with Crippen LogP contribution < -0.4 is 4.89 Å². The molecule has 0 aromatic heterocycles. The van der Waals surface area contributed by atoms with Crippen LogP contribution >= 0.6 is 8.00 Å². The zero-order chi connectivity index (χ0) is 9.40. The molecule has 0 bridgehead atoms. The Kier molecular flexibility index (Phi) is 6.96. The van der Waals surface area contributed by atoms with Crippen LogP contribution in [0.1, 0.15) is 20.3 Å². The fourth-order valence-corrected chi connectivity index (χ4v) is 1.21. The summed E-state index contributed by atoms with van der Waals surface area (Å²) in [7, 11) is -1.80.